The fraction of sp³-hybridized carbons (Fsp3) is 0.0556. The van der Waals surface area contributed by atoms with Crippen molar-refractivity contribution in [3.05, 3.63) is 86.3 Å². The lowest BCUT2D eigenvalue weighted by Gasteiger charge is -2.14. The molecule has 0 fully saturated rings. The summed E-state index contributed by atoms with van der Waals surface area (Å²) < 4.78 is 40.8. The van der Waals surface area contributed by atoms with Crippen LogP contribution in [0.4, 0.5) is 18.9 Å². The SMILES string of the molecule is O=C(Nc1ccc(Cl)cc1)c1nn(-c2cccc(Cl)c2)c(=O)cc1C(F)(F)F. The number of halogens is 5. The molecule has 0 saturated carbocycles. The molecular weight excluding hydrogens is 418 g/mol. The molecule has 0 aliphatic heterocycles. The number of carbonyl (C=O) groups is 1. The maximum absolute atomic E-state index is 13.4. The van der Waals surface area contributed by atoms with Gasteiger partial charge in [0, 0.05) is 21.8 Å². The van der Waals surface area contributed by atoms with Gasteiger partial charge in [-0.05, 0) is 42.5 Å². The molecule has 0 radical (unpaired) electrons. The van der Waals surface area contributed by atoms with E-state index in [1.807, 2.05) is 0 Å². The molecule has 0 atom stereocenters. The van der Waals surface area contributed by atoms with Crippen LogP contribution in [-0.2, 0) is 6.18 Å². The fourth-order valence-corrected chi connectivity index (χ4v) is 2.67. The third-order valence-corrected chi connectivity index (χ3v) is 4.09. The Labute approximate surface area is 166 Å². The average Bonchev–Trinajstić information content (AvgIpc) is 2.62. The number of hydrogen-bond donors (Lipinski definition) is 1. The molecule has 3 rings (SSSR count). The van der Waals surface area contributed by atoms with Crippen LogP contribution in [0.3, 0.4) is 0 Å². The molecule has 5 nitrogen and oxygen atoms in total. The Morgan fingerprint density at radius 1 is 1.00 bits per heavy atom. The first kappa shape index (κ1) is 19.9. The molecule has 10 heteroatoms. The van der Waals surface area contributed by atoms with Crippen molar-refractivity contribution in [3.8, 4) is 5.69 Å². The van der Waals surface area contributed by atoms with E-state index in [0.717, 1.165) is 0 Å². The zero-order valence-electron chi connectivity index (χ0n) is 13.8. The first-order valence-corrected chi connectivity index (χ1v) is 8.45. The molecule has 0 saturated heterocycles. The minimum absolute atomic E-state index is 0.117. The lowest BCUT2D eigenvalue weighted by atomic mass is 10.2. The maximum Gasteiger partial charge on any atom is 0.418 e. The Kier molecular flexibility index (Phi) is 5.44. The molecule has 1 amide bonds. The molecule has 1 heterocycles. The van der Waals surface area contributed by atoms with Crippen molar-refractivity contribution in [3.63, 3.8) is 0 Å². The highest BCUT2D eigenvalue weighted by Gasteiger charge is 2.37. The Balaban J connectivity index is 2.11. The van der Waals surface area contributed by atoms with Crippen molar-refractivity contribution >= 4 is 34.8 Å². The smallest absolute Gasteiger partial charge is 0.321 e. The summed E-state index contributed by atoms with van der Waals surface area (Å²) in [6.07, 6.45) is -4.95. The van der Waals surface area contributed by atoms with Gasteiger partial charge in [-0.25, -0.2) is 0 Å². The van der Waals surface area contributed by atoms with Gasteiger partial charge < -0.3 is 5.32 Å². The Morgan fingerprint density at radius 3 is 2.29 bits per heavy atom. The molecular formula is C18H10Cl2F3N3O2. The molecule has 2 aromatic carbocycles. The quantitative estimate of drug-likeness (QED) is 0.652. The van der Waals surface area contributed by atoms with Crippen molar-refractivity contribution in [2.75, 3.05) is 5.32 Å². The number of hydrogen-bond acceptors (Lipinski definition) is 3. The van der Waals surface area contributed by atoms with E-state index < -0.39 is 28.9 Å². The highest BCUT2D eigenvalue weighted by Crippen LogP contribution is 2.31. The van der Waals surface area contributed by atoms with E-state index in [2.05, 4.69) is 10.4 Å². The van der Waals surface area contributed by atoms with Gasteiger partial charge in [-0.1, -0.05) is 29.3 Å². The zero-order valence-corrected chi connectivity index (χ0v) is 15.3. The van der Waals surface area contributed by atoms with Gasteiger partial charge in [-0.2, -0.15) is 23.0 Å². The fourth-order valence-electron chi connectivity index (χ4n) is 2.36. The van der Waals surface area contributed by atoms with Gasteiger partial charge in [0.15, 0.2) is 5.69 Å². The third kappa shape index (κ3) is 4.35. The molecule has 0 unspecified atom stereocenters. The molecule has 0 aliphatic carbocycles. The van der Waals surface area contributed by atoms with Gasteiger partial charge in [0.25, 0.3) is 11.5 Å². The normalized spacial score (nSPS) is 11.3. The van der Waals surface area contributed by atoms with Crippen LogP contribution in [-0.4, -0.2) is 15.7 Å². The van der Waals surface area contributed by atoms with E-state index in [1.54, 1.807) is 0 Å². The number of alkyl halides is 3. The highest BCUT2D eigenvalue weighted by molar-refractivity contribution is 6.31. The largest absolute Gasteiger partial charge is 0.418 e. The topological polar surface area (TPSA) is 64.0 Å². The second-order valence-electron chi connectivity index (χ2n) is 5.60. The summed E-state index contributed by atoms with van der Waals surface area (Å²) in [5, 5.41) is 6.60. The summed E-state index contributed by atoms with van der Waals surface area (Å²) in [5.41, 5.74) is -3.13. The summed E-state index contributed by atoms with van der Waals surface area (Å²) in [7, 11) is 0. The molecule has 144 valence electrons. The molecule has 28 heavy (non-hydrogen) atoms. The van der Waals surface area contributed by atoms with E-state index in [0.29, 0.717) is 15.8 Å². The van der Waals surface area contributed by atoms with Crippen LogP contribution < -0.4 is 10.9 Å². The van der Waals surface area contributed by atoms with Crippen molar-refractivity contribution < 1.29 is 18.0 Å². The predicted molar refractivity (Wildman–Crippen MR) is 99.3 cm³/mol. The van der Waals surface area contributed by atoms with E-state index in [9.17, 15) is 22.8 Å². The minimum Gasteiger partial charge on any atom is -0.321 e. The van der Waals surface area contributed by atoms with Crippen molar-refractivity contribution in [2.24, 2.45) is 0 Å². The van der Waals surface area contributed by atoms with Gasteiger partial charge in [0.1, 0.15) is 0 Å². The number of amides is 1. The van der Waals surface area contributed by atoms with Crippen LogP contribution in [0.25, 0.3) is 5.69 Å². The monoisotopic (exact) mass is 427 g/mol. The average molecular weight is 428 g/mol. The zero-order chi connectivity index (χ0) is 20.5. The number of aromatic nitrogens is 2. The Hall–Kier alpha value is -2.84. The second-order valence-corrected chi connectivity index (χ2v) is 6.47. The first-order valence-electron chi connectivity index (χ1n) is 7.69. The molecule has 1 aromatic heterocycles. The molecule has 1 N–H and O–H groups in total. The van der Waals surface area contributed by atoms with Gasteiger partial charge in [-0.3, -0.25) is 9.59 Å². The van der Waals surface area contributed by atoms with E-state index in [-0.39, 0.29) is 16.4 Å². The van der Waals surface area contributed by atoms with Crippen LogP contribution in [0.15, 0.2) is 59.4 Å². The van der Waals surface area contributed by atoms with Gasteiger partial charge in [0.05, 0.1) is 11.3 Å². The van der Waals surface area contributed by atoms with Crippen LogP contribution in [0.1, 0.15) is 16.1 Å². The summed E-state index contributed by atoms with van der Waals surface area (Å²) in [6, 6.07) is 11.9. The minimum atomic E-state index is -4.95. The Morgan fingerprint density at radius 2 is 1.68 bits per heavy atom. The van der Waals surface area contributed by atoms with Gasteiger partial charge >= 0.3 is 6.18 Å². The standard InChI is InChI=1S/C18H10Cl2F3N3O2/c19-10-4-6-12(7-5-10)24-17(28)16-14(18(21,22)23)9-15(27)26(25-16)13-3-1-2-11(20)8-13/h1-9H,(H,24,28). The van der Waals surface area contributed by atoms with E-state index >= 15 is 0 Å². The summed E-state index contributed by atoms with van der Waals surface area (Å²) in [6.45, 7) is 0. The maximum atomic E-state index is 13.4. The van der Waals surface area contributed by atoms with Crippen LogP contribution >= 0.6 is 23.2 Å². The molecule has 0 aliphatic rings. The lowest BCUT2D eigenvalue weighted by Crippen LogP contribution is -2.30. The predicted octanol–water partition coefficient (Wildman–Crippen LogP) is 4.81. The van der Waals surface area contributed by atoms with Crippen molar-refractivity contribution in [1.82, 2.24) is 9.78 Å². The third-order valence-electron chi connectivity index (χ3n) is 3.61. The number of anilines is 1. The first-order chi connectivity index (χ1) is 13.1. The van der Waals surface area contributed by atoms with E-state index in [4.69, 9.17) is 23.2 Å². The number of rotatable bonds is 3. The summed E-state index contributed by atoms with van der Waals surface area (Å²) in [5.74, 6) is -1.13. The van der Waals surface area contributed by atoms with Crippen LogP contribution in [0, 0.1) is 0 Å². The molecule has 0 bridgehead atoms. The number of benzene rings is 2. The number of nitrogens with one attached hydrogen (secondary N) is 1. The van der Waals surface area contributed by atoms with Crippen LogP contribution in [0.2, 0.25) is 10.0 Å². The van der Waals surface area contributed by atoms with E-state index in [1.165, 1.54) is 48.5 Å². The summed E-state index contributed by atoms with van der Waals surface area (Å²) >= 11 is 11.6. The highest BCUT2D eigenvalue weighted by atomic mass is 35.5. The van der Waals surface area contributed by atoms with Gasteiger partial charge in [-0.15, -0.1) is 0 Å². The van der Waals surface area contributed by atoms with Crippen LogP contribution in [0.5, 0.6) is 0 Å². The second kappa shape index (κ2) is 7.65. The number of nitrogens with zero attached hydrogens (tertiary/aromatic N) is 2. The van der Waals surface area contributed by atoms with Crippen molar-refractivity contribution in [2.45, 2.75) is 6.18 Å². The van der Waals surface area contributed by atoms with Crippen molar-refractivity contribution in [1.29, 1.82) is 0 Å². The lowest BCUT2D eigenvalue weighted by molar-refractivity contribution is -0.138. The Bertz CT molecular complexity index is 1100. The molecule has 0 spiro atoms. The number of carbonyl (C=O) groups excluding carboxylic acids is 1. The van der Waals surface area contributed by atoms with Gasteiger partial charge in [0.2, 0.25) is 0 Å². The molecule has 3 aromatic rings. The summed E-state index contributed by atoms with van der Waals surface area (Å²) in [4.78, 5) is 24.7.